The number of hydrogen-bond donors (Lipinski definition) is 0. The molecule has 1 aliphatic rings. The molecular formula is C66H41NOS. The molecule has 2 nitrogen and oxygen atoms in total. The van der Waals surface area contributed by atoms with Crippen LogP contribution in [0.2, 0.25) is 0 Å². The van der Waals surface area contributed by atoms with Crippen molar-refractivity contribution in [1.29, 1.82) is 0 Å². The van der Waals surface area contributed by atoms with Crippen LogP contribution < -0.4 is 9.64 Å². The fourth-order valence-electron chi connectivity index (χ4n) is 11.0. The van der Waals surface area contributed by atoms with Crippen molar-refractivity contribution in [3.05, 3.63) is 249 Å². The van der Waals surface area contributed by atoms with Crippen LogP contribution in [0, 0.1) is 0 Å². The summed E-state index contributed by atoms with van der Waals surface area (Å²) in [4.78, 5) is 2.43. The van der Waals surface area contributed by atoms with Gasteiger partial charge in [0, 0.05) is 42.6 Å². The van der Waals surface area contributed by atoms with Crippen molar-refractivity contribution >= 4 is 102 Å². The zero-order valence-corrected chi connectivity index (χ0v) is 38.3. The Morgan fingerprint density at radius 1 is 0.275 bits per heavy atom. The number of fused-ring (bicyclic) bond motifs is 18. The van der Waals surface area contributed by atoms with Crippen LogP contribution in [0.3, 0.4) is 0 Å². The van der Waals surface area contributed by atoms with Crippen LogP contribution in [-0.4, -0.2) is 0 Å². The molecule has 0 spiro atoms. The molecule has 0 aliphatic carbocycles. The van der Waals surface area contributed by atoms with Gasteiger partial charge < -0.3 is 9.64 Å². The largest absolute Gasteiger partial charge is 0.454 e. The molecule has 0 atom stereocenters. The third kappa shape index (κ3) is 6.32. The molecule has 14 rings (SSSR count). The molecule has 322 valence electrons. The van der Waals surface area contributed by atoms with E-state index in [4.69, 9.17) is 4.74 Å². The van der Waals surface area contributed by atoms with Gasteiger partial charge in [-0.25, -0.2) is 0 Å². The van der Waals surface area contributed by atoms with Crippen LogP contribution in [0.1, 0.15) is 0 Å². The van der Waals surface area contributed by atoms with Crippen molar-refractivity contribution in [2.24, 2.45) is 0 Å². The first-order valence-corrected chi connectivity index (χ1v) is 24.4. The summed E-state index contributed by atoms with van der Waals surface area (Å²) in [5, 5.41) is 14.5. The van der Waals surface area contributed by atoms with Gasteiger partial charge in [0.2, 0.25) is 0 Å². The summed E-state index contributed by atoms with van der Waals surface area (Å²) >= 11 is 1.87. The molecule has 0 unspecified atom stereocenters. The minimum Gasteiger partial charge on any atom is -0.454 e. The average molecular weight is 896 g/mol. The van der Waals surface area contributed by atoms with E-state index < -0.39 is 0 Å². The van der Waals surface area contributed by atoms with E-state index in [9.17, 15) is 0 Å². The van der Waals surface area contributed by atoms with Gasteiger partial charge in [-0.05, 0) is 119 Å². The topological polar surface area (TPSA) is 12.5 Å². The molecule has 3 heteroatoms. The zero-order valence-electron chi connectivity index (χ0n) is 37.4. The summed E-state index contributed by atoms with van der Waals surface area (Å²) in [5.74, 6) is 1.64. The molecule has 0 saturated carbocycles. The molecule has 0 amide bonds. The lowest BCUT2D eigenvalue weighted by atomic mass is 9.93. The maximum absolute atomic E-state index is 7.28. The first-order chi connectivity index (χ1) is 34.2. The van der Waals surface area contributed by atoms with E-state index in [2.05, 4.69) is 254 Å². The Kier molecular flexibility index (Phi) is 9.11. The van der Waals surface area contributed by atoms with E-state index in [1.54, 1.807) is 0 Å². The van der Waals surface area contributed by atoms with Gasteiger partial charge in [-0.1, -0.05) is 200 Å². The van der Waals surface area contributed by atoms with E-state index in [0.29, 0.717) is 0 Å². The second-order valence-corrected chi connectivity index (χ2v) is 19.0. The first kappa shape index (κ1) is 39.4. The van der Waals surface area contributed by atoms with Crippen molar-refractivity contribution < 1.29 is 4.74 Å². The molecule has 0 bridgehead atoms. The third-order valence-electron chi connectivity index (χ3n) is 14.1. The molecule has 69 heavy (non-hydrogen) atoms. The van der Waals surface area contributed by atoms with Gasteiger partial charge in [0.25, 0.3) is 0 Å². The highest BCUT2D eigenvalue weighted by Gasteiger charge is 2.28. The standard InChI is InChI=1S/C66H41NOS/c1-2-19-42(20-3-1)44-21-12-15-33-61(44)67(62-34-18-32-56-51-28-10-9-27-50(51)54-30-13-16-35-63(54)68-66(56)62)43-37-38-53-49-26-7-6-24-47(49)45-22-4-5-23-46(45)48-25-8-11-29-52(48)58-40-60-55-31-14-17-36-64(55)69-65(60)41-59(58)57(53)39-43/h1-41H. The van der Waals surface area contributed by atoms with Crippen LogP contribution in [-0.2, 0) is 0 Å². The highest BCUT2D eigenvalue weighted by molar-refractivity contribution is 7.25. The molecule has 1 aliphatic heterocycles. The highest BCUT2D eigenvalue weighted by Crippen LogP contribution is 2.54. The van der Waals surface area contributed by atoms with Gasteiger partial charge >= 0.3 is 0 Å². The Labute approximate surface area is 403 Å². The number of para-hydroxylation sites is 3. The van der Waals surface area contributed by atoms with E-state index in [-0.39, 0.29) is 0 Å². The van der Waals surface area contributed by atoms with Gasteiger partial charge in [0.1, 0.15) is 5.75 Å². The predicted octanol–water partition coefficient (Wildman–Crippen LogP) is 19.5. The van der Waals surface area contributed by atoms with Crippen molar-refractivity contribution in [2.75, 3.05) is 4.90 Å². The summed E-state index contributed by atoms with van der Waals surface area (Å²) in [6.45, 7) is 0. The summed E-state index contributed by atoms with van der Waals surface area (Å²) < 4.78 is 9.83. The third-order valence-corrected chi connectivity index (χ3v) is 15.2. The van der Waals surface area contributed by atoms with Crippen LogP contribution in [0.5, 0.6) is 11.5 Å². The van der Waals surface area contributed by atoms with E-state index in [1.807, 2.05) is 11.3 Å². The van der Waals surface area contributed by atoms with Crippen molar-refractivity contribution in [3.63, 3.8) is 0 Å². The van der Waals surface area contributed by atoms with Crippen molar-refractivity contribution in [1.82, 2.24) is 0 Å². The fraction of sp³-hybridized carbons (Fsp3) is 0. The average Bonchev–Trinajstić information content (AvgIpc) is 3.71. The molecule has 1 aromatic heterocycles. The number of ether oxygens (including phenoxy) is 1. The van der Waals surface area contributed by atoms with E-state index in [1.165, 1.54) is 68.6 Å². The molecular weight excluding hydrogens is 855 g/mol. The second-order valence-electron chi connectivity index (χ2n) is 17.9. The van der Waals surface area contributed by atoms with Gasteiger partial charge in [-0.2, -0.15) is 0 Å². The molecule has 12 aromatic carbocycles. The number of anilines is 3. The van der Waals surface area contributed by atoms with Gasteiger partial charge in [0.15, 0.2) is 5.75 Å². The first-order valence-electron chi connectivity index (χ1n) is 23.6. The zero-order chi connectivity index (χ0) is 45.4. The molecule has 2 heterocycles. The van der Waals surface area contributed by atoms with Gasteiger partial charge in [0.05, 0.1) is 11.4 Å². The molecule has 0 fully saturated rings. The number of nitrogens with zero attached hydrogens (tertiary/aromatic N) is 1. The second kappa shape index (κ2) is 16.0. The Morgan fingerprint density at radius 2 is 0.754 bits per heavy atom. The highest BCUT2D eigenvalue weighted by atomic mass is 32.1. The minimum atomic E-state index is 0.807. The van der Waals surface area contributed by atoms with Gasteiger partial charge in [-0.3, -0.25) is 0 Å². The Morgan fingerprint density at radius 3 is 1.45 bits per heavy atom. The SMILES string of the molecule is c1ccc(-c2ccccc2N(c2ccc3c4ccccc4c4ccccc4c4ccccc4c4cc5c(cc4c3c2)sc2ccccc25)c2cccc3c2Oc2ccccc2-c2ccccc2-3)cc1. The smallest absolute Gasteiger partial charge is 0.159 e. The van der Waals surface area contributed by atoms with Gasteiger partial charge in [-0.15, -0.1) is 11.3 Å². The molecule has 0 N–H and O–H groups in total. The fourth-order valence-corrected chi connectivity index (χ4v) is 12.1. The normalized spacial score (nSPS) is 11.9. The lowest BCUT2D eigenvalue weighted by Gasteiger charge is -2.30. The van der Waals surface area contributed by atoms with Crippen LogP contribution in [0.25, 0.3) is 107 Å². The van der Waals surface area contributed by atoms with Crippen molar-refractivity contribution in [3.8, 4) is 44.9 Å². The summed E-state index contributed by atoms with van der Waals surface area (Å²) in [7, 11) is 0. The lowest BCUT2D eigenvalue weighted by Crippen LogP contribution is -2.12. The number of rotatable bonds is 4. The van der Waals surface area contributed by atoms with Crippen LogP contribution in [0.15, 0.2) is 249 Å². The molecule has 13 aromatic rings. The Bertz CT molecular complexity index is 4300. The van der Waals surface area contributed by atoms with Crippen LogP contribution >= 0.6 is 11.3 Å². The van der Waals surface area contributed by atoms with Crippen molar-refractivity contribution in [2.45, 2.75) is 0 Å². The quantitative estimate of drug-likeness (QED) is 0.175. The minimum absolute atomic E-state index is 0.807. The Balaban J connectivity index is 1.17. The molecule has 0 radical (unpaired) electrons. The number of hydrogen-bond acceptors (Lipinski definition) is 3. The maximum Gasteiger partial charge on any atom is 0.159 e. The number of benzene rings is 11. The van der Waals surface area contributed by atoms with E-state index >= 15 is 0 Å². The van der Waals surface area contributed by atoms with E-state index in [0.717, 1.165) is 67.3 Å². The predicted molar refractivity (Wildman–Crippen MR) is 296 cm³/mol. The summed E-state index contributed by atoms with van der Waals surface area (Å²) in [6, 6.07) is 91.0. The number of thiophene rings is 1. The Hall–Kier alpha value is -8.76. The maximum atomic E-state index is 7.28. The lowest BCUT2D eigenvalue weighted by molar-refractivity contribution is 0.489. The van der Waals surface area contributed by atoms with Crippen LogP contribution in [0.4, 0.5) is 17.1 Å². The summed E-state index contributed by atoms with van der Waals surface area (Å²) in [6.07, 6.45) is 0. The monoisotopic (exact) mass is 895 g/mol. The molecule has 0 saturated heterocycles. The summed E-state index contributed by atoms with van der Waals surface area (Å²) in [5.41, 5.74) is 9.67.